The van der Waals surface area contributed by atoms with Crippen molar-refractivity contribution < 1.29 is 14.3 Å². The fraction of sp³-hybridized carbons (Fsp3) is 0.176. The van der Waals surface area contributed by atoms with Gasteiger partial charge in [0.2, 0.25) is 0 Å². The highest BCUT2D eigenvalue weighted by atomic mass is 16.5. The van der Waals surface area contributed by atoms with Crippen molar-refractivity contribution in [3.8, 4) is 16.9 Å². The van der Waals surface area contributed by atoms with Gasteiger partial charge in [-0.25, -0.2) is 4.79 Å². The quantitative estimate of drug-likeness (QED) is 0.624. The van der Waals surface area contributed by atoms with E-state index in [9.17, 15) is 4.79 Å². The van der Waals surface area contributed by atoms with Crippen LogP contribution in [0.4, 0.5) is 0 Å². The molecule has 0 unspecified atom stereocenters. The van der Waals surface area contributed by atoms with Crippen molar-refractivity contribution in [1.29, 1.82) is 0 Å². The van der Waals surface area contributed by atoms with Crippen molar-refractivity contribution >= 4 is 12.0 Å². The standard InChI is InChI=1S/C17H17NO3/c1-3-21-17(19)9-7-14-11-13(6-8-16(14)20-2)15-5-4-10-18-12-15/h4-12H,3H2,1-2H3/b9-7+. The molecule has 0 bridgehead atoms. The Morgan fingerprint density at radius 3 is 2.81 bits per heavy atom. The Morgan fingerprint density at radius 1 is 1.29 bits per heavy atom. The average Bonchev–Trinajstić information content (AvgIpc) is 2.54. The number of methoxy groups -OCH3 is 1. The highest BCUT2D eigenvalue weighted by Gasteiger charge is 2.05. The molecule has 4 heteroatoms. The fourth-order valence-electron chi connectivity index (χ4n) is 1.93. The lowest BCUT2D eigenvalue weighted by molar-refractivity contribution is -0.137. The van der Waals surface area contributed by atoms with Crippen molar-refractivity contribution in [2.24, 2.45) is 0 Å². The second-order valence-electron chi connectivity index (χ2n) is 4.28. The Balaban J connectivity index is 2.33. The second-order valence-corrected chi connectivity index (χ2v) is 4.28. The van der Waals surface area contributed by atoms with Crippen molar-refractivity contribution in [2.75, 3.05) is 13.7 Å². The van der Waals surface area contributed by atoms with Gasteiger partial charge in [0.1, 0.15) is 5.75 Å². The van der Waals surface area contributed by atoms with Gasteiger partial charge in [-0.2, -0.15) is 0 Å². The van der Waals surface area contributed by atoms with Gasteiger partial charge in [0.25, 0.3) is 0 Å². The van der Waals surface area contributed by atoms with Gasteiger partial charge in [-0.05, 0) is 36.8 Å². The van der Waals surface area contributed by atoms with Crippen LogP contribution in [0.5, 0.6) is 5.75 Å². The highest BCUT2D eigenvalue weighted by molar-refractivity contribution is 5.88. The van der Waals surface area contributed by atoms with Crippen molar-refractivity contribution in [2.45, 2.75) is 6.92 Å². The molecule has 2 rings (SSSR count). The third-order valence-electron chi connectivity index (χ3n) is 2.91. The normalized spacial score (nSPS) is 10.6. The van der Waals surface area contributed by atoms with E-state index < -0.39 is 0 Å². The Kier molecular flexibility index (Phi) is 5.10. The molecule has 0 atom stereocenters. The van der Waals surface area contributed by atoms with Crippen molar-refractivity contribution in [3.05, 3.63) is 54.4 Å². The topological polar surface area (TPSA) is 48.4 Å². The van der Waals surface area contributed by atoms with Crippen LogP contribution >= 0.6 is 0 Å². The fourth-order valence-corrected chi connectivity index (χ4v) is 1.93. The minimum absolute atomic E-state index is 0.357. The van der Waals surface area contributed by atoms with E-state index in [-0.39, 0.29) is 5.97 Å². The molecule has 1 aromatic carbocycles. The minimum Gasteiger partial charge on any atom is -0.496 e. The smallest absolute Gasteiger partial charge is 0.330 e. The van der Waals surface area contributed by atoms with Crippen LogP contribution in [0, 0.1) is 0 Å². The lowest BCUT2D eigenvalue weighted by Crippen LogP contribution is -1.98. The van der Waals surface area contributed by atoms with Crippen LogP contribution < -0.4 is 4.74 Å². The molecule has 0 aliphatic rings. The van der Waals surface area contributed by atoms with Gasteiger partial charge in [0.15, 0.2) is 0 Å². The van der Waals surface area contributed by atoms with E-state index in [0.29, 0.717) is 12.4 Å². The molecule has 0 saturated heterocycles. The summed E-state index contributed by atoms with van der Waals surface area (Å²) in [6.07, 6.45) is 6.61. The SMILES string of the molecule is CCOC(=O)/C=C/c1cc(-c2cccnc2)ccc1OC. The van der Waals surface area contributed by atoms with Crippen LogP contribution in [0.2, 0.25) is 0 Å². The largest absolute Gasteiger partial charge is 0.496 e. The first kappa shape index (κ1) is 14.8. The number of esters is 1. The maximum Gasteiger partial charge on any atom is 0.330 e. The predicted molar refractivity (Wildman–Crippen MR) is 81.9 cm³/mol. The maximum atomic E-state index is 11.4. The number of ether oxygens (including phenoxy) is 2. The van der Waals surface area contributed by atoms with Gasteiger partial charge in [0.05, 0.1) is 13.7 Å². The third-order valence-corrected chi connectivity index (χ3v) is 2.91. The van der Waals surface area contributed by atoms with Gasteiger partial charge < -0.3 is 9.47 Å². The van der Waals surface area contributed by atoms with Gasteiger partial charge in [-0.3, -0.25) is 4.98 Å². The molecule has 0 aliphatic carbocycles. The molecule has 0 N–H and O–H groups in total. The molecule has 0 radical (unpaired) electrons. The molecule has 108 valence electrons. The van der Waals surface area contributed by atoms with Crippen LogP contribution in [0.3, 0.4) is 0 Å². The predicted octanol–water partition coefficient (Wildman–Crippen LogP) is 3.33. The zero-order chi connectivity index (χ0) is 15.1. The maximum absolute atomic E-state index is 11.4. The number of hydrogen-bond donors (Lipinski definition) is 0. The highest BCUT2D eigenvalue weighted by Crippen LogP contribution is 2.27. The average molecular weight is 283 g/mol. The summed E-state index contributed by atoms with van der Waals surface area (Å²) in [4.78, 5) is 15.5. The summed E-state index contributed by atoms with van der Waals surface area (Å²) in [7, 11) is 1.60. The molecular weight excluding hydrogens is 266 g/mol. The number of benzene rings is 1. The Morgan fingerprint density at radius 2 is 2.14 bits per heavy atom. The van der Waals surface area contributed by atoms with Crippen LogP contribution in [0.1, 0.15) is 12.5 Å². The van der Waals surface area contributed by atoms with Crippen LogP contribution in [0.25, 0.3) is 17.2 Å². The molecule has 0 fully saturated rings. The molecule has 2 aromatic rings. The number of aromatic nitrogens is 1. The van der Waals surface area contributed by atoms with E-state index >= 15 is 0 Å². The number of carbonyl (C=O) groups excluding carboxylic acids is 1. The second kappa shape index (κ2) is 7.24. The number of rotatable bonds is 5. The van der Waals surface area contributed by atoms with Crippen LogP contribution in [-0.2, 0) is 9.53 Å². The van der Waals surface area contributed by atoms with Crippen molar-refractivity contribution in [3.63, 3.8) is 0 Å². The molecule has 1 heterocycles. The lowest BCUT2D eigenvalue weighted by atomic mass is 10.0. The summed E-state index contributed by atoms with van der Waals surface area (Å²) >= 11 is 0. The summed E-state index contributed by atoms with van der Waals surface area (Å²) in [5.41, 5.74) is 2.82. The molecule has 0 aliphatic heterocycles. The van der Waals surface area contributed by atoms with E-state index in [1.807, 2.05) is 30.3 Å². The monoisotopic (exact) mass is 283 g/mol. The van der Waals surface area contributed by atoms with E-state index in [1.165, 1.54) is 6.08 Å². The van der Waals surface area contributed by atoms with Gasteiger partial charge in [-0.15, -0.1) is 0 Å². The summed E-state index contributed by atoms with van der Waals surface area (Å²) in [5, 5.41) is 0. The lowest BCUT2D eigenvalue weighted by Gasteiger charge is -2.08. The molecular formula is C17H17NO3. The number of nitrogens with zero attached hydrogens (tertiary/aromatic N) is 1. The zero-order valence-corrected chi connectivity index (χ0v) is 12.1. The van der Waals surface area contributed by atoms with E-state index in [4.69, 9.17) is 9.47 Å². The van der Waals surface area contributed by atoms with E-state index in [1.54, 1.807) is 32.5 Å². The summed E-state index contributed by atoms with van der Waals surface area (Å²) < 4.78 is 10.2. The van der Waals surface area contributed by atoms with E-state index in [2.05, 4.69) is 4.98 Å². The molecule has 0 spiro atoms. The molecule has 0 amide bonds. The van der Waals surface area contributed by atoms with Crippen LogP contribution in [0.15, 0.2) is 48.8 Å². The first-order valence-corrected chi connectivity index (χ1v) is 6.68. The molecule has 1 aromatic heterocycles. The summed E-state index contributed by atoms with van der Waals surface area (Å²) in [6, 6.07) is 9.64. The molecule has 0 saturated carbocycles. The Bertz CT molecular complexity index is 636. The van der Waals surface area contributed by atoms with Gasteiger partial charge >= 0.3 is 5.97 Å². The van der Waals surface area contributed by atoms with Gasteiger partial charge in [0, 0.05) is 29.6 Å². The zero-order valence-electron chi connectivity index (χ0n) is 12.1. The first-order valence-electron chi connectivity index (χ1n) is 6.68. The molecule has 21 heavy (non-hydrogen) atoms. The Labute approximate surface area is 124 Å². The van der Waals surface area contributed by atoms with Gasteiger partial charge in [-0.1, -0.05) is 12.1 Å². The number of pyridine rings is 1. The molecule has 4 nitrogen and oxygen atoms in total. The van der Waals surface area contributed by atoms with Crippen molar-refractivity contribution in [1.82, 2.24) is 4.98 Å². The van der Waals surface area contributed by atoms with E-state index in [0.717, 1.165) is 16.7 Å². The number of hydrogen-bond acceptors (Lipinski definition) is 4. The summed E-state index contributed by atoms with van der Waals surface area (Å²) in [6.45, 7) is 2.13. The summed E-state index contributed by atoms with van der Waals surface area (Å²) in [5.74, 6) is 0.328. The number of carbonyl (C=O) groups is 1. The minimum atomic E-state index is -0.369. The third kappa shape index (κ3) is 3.92. The van der Waals surface area contributed by atoms with Crippen LogP contribution in [-0.4, -0.2) is 24.7 Å². The Hall–Kier alpha value is -2.62. The first-order chi connectivity index (χ1) is 10.2.